The quantitative estimate of drug-likeness (QED) is 0.330. The Morgan fingerprint density at radius 2 is 2.03 bits per heavy atom. The third-order valence-electron chi connectivity index (χ3n) is 5.10. The fourth-order valence-corrected chi connectivity index (χ4v) is 4.15. The second kappa shape index (κ2) is 12.3. The molecule has 1 N–H and O–H groups in total. The Labute approximate surface area is 194 Å². The summed E-state index contributed by atoms with van der Waals surface area (Å²) in [5, 5.41) is 6.55. The molecule has 29 heavy (non-hydrogen) atoms. The number of aromatic nitrogens is 1. The van der Waals surface area contributed by atoms with Crippen molar-refractivity contribution in [2.75, 3.05) is 41.0 Å². The number of ether oxygens (including phenoxy) is 2. The van der Waals surface area contributed by atoms with E-state index < -0.39 is 0 Å². The van der Waals surface area contributed by atoms with Gasteiger partial charge in [0.05, 0.1) is 19.3 Å². The number of hydrogen-bond acceptors (Lipinski definition) is 5. The predicted molar refractivity (Wildman–Crippen MR) is 131 cm³/mol. The summed E-state index contributed by atoms with van der Waals surface area (Å²) in [5.74, 6) is 2.53. The van der Waals surface area contributed by atoms with Crippen molar-refractivity contribution >= 4 is 41.3 Å². The summed E-state index contributed by atoms with van der Waals surface area (Å²) in [6, 6.07) is 8.00. The second-order valence-corrected chi connectivity index (χ2v) is 7.90. The van der Waals surface area contributed by atoms with E-state index in [0.29, 0.717) is 6.54 Å². The van der Waals surface area contributed by atoms with Gasteiger partial charge < -0.3 is 19.7 Å². The van der Waals surface area contributed by atoms with Crippen molar-refractivity contribution < 1.29 is 9.47 Å². The van der Waals surface area contributed by atoms with Crippen molar-refractivity contribution in [3.05, 3.63) is 35.3 Å². The lowest BCUT2D eigenvalue weighted by Crippen LogP contribution is -2.39. The van der Waals surface area contributed by atoms with Gasteiger partial charge in [0, 0.05) is 44.8 Å². The Hall–Kier alpha value is -1.39. The highest BCUT2D eigenvalue weighted by molar-refractivity contribution is 14.0. The summed E-state index contributed by atoms with van der Waals surface area (Å²) in [6.07, 6.45) is 3.53. The Kier molecular flexibility index (Phi) is 10.2. The normalized spacial score (nSPS) is 14.9. The number of guanidine groups is 1. The van der Waals surface area contributed by atoms with E-state index in [1.807, 2.05) is 31.3 Å². The van der Waals surface area contributed by atoms with Crippen LogP contribution in [-0.2, 0) is 11.3 Å². The molecule has 1 aliphatic rings. The maximum absolute atomic E-state index is 5.45. The zero-order chi connectivity index (χ0) is 19.8. The van der Waals surface area contributed by atoms with Crippen LogP contribution < -0.4 is 10.1 Å². The number of halogens is 1. The largest absolute Gasteiger partial charge is 0.497 e. The summed E-state index contributed by atoms with van der Waals surface area (Å²) < 4.78 is 10.7. The molecule has 8 heteroatoms. The van der Waals surface area contributed by atoms with Gasteiger partial charge in [-0.3, -0.25) is 4.99 Å². The van der Waals surface area contributed by atoms with Crippen molar-refractivity contribution in [1.29, 1.82) is 0 Å². The van der Waals surface area contributed by atoms with Crippen LogP contribution >= 0.6 is 35.3 Å². The van der Waals surface area contributed by atoms with Crippen LogP contribution in [-0.4, -0.2) is 56.8 Å². The summed E-state index contributed by atoms with van der Waals surface area (Å²) >= 11 is 1.66. The lowest BCUT2D eigenvalue weighted by atomic mass is 9.96. The molecule has 1 aromatic carbocycles. The predicted octanol–water partition coefficient (Wildman–Crippen LogP) is 4.26. The number of benzene rings is 1. The molecule has 0 bridgehead atoms. The minimum absolute atomic E-state index is 0. The molecule has 0 unspecified atom stereocenters. The lowest BCUT2D eigenvalue weighted by molar-refractivity contribution is 0.0625. The van der Waals surface area contributed by atoms with Crippen LogP contribution in [0.1, 0.15) is 25.0 Å². The van der Waals surface area contributed by atoms with Crippen LogP contribution in [0.15, 0.2) is 34.6 Å². The third-order valence-corrected chi connectivity index (χ3v) is 6.04. The number of thiazole rings is 1. The second-order valence-electron chi connectivity index (χ2n) is 7.04. The number of aliphatic imine (C=N–C) groups is 1. The fraction of sp³-hybridized carbons (Fsp3) is 0.524. The first-order valence-electron chi connectivity index (χ1n) is 9.78. The molecule has 3 rings (SSSR count). The van der Waals surface area contributed by atoms with Crippen molar-refractivity contribution in [3.8, 4) is 16.3 Å². The van der Waals surface area contributed by atoms with Crippen molar-refractivity contribution in [2.45, 2.75) is 25.8 Å². The van der Waals surface area contributed by atoms with E-state index in [0.717, 1.165) is 53.7 Å². The van der Waals surface area contributed by atoms with E-state index in [1.54, 1.807) is 18.4 Å². The van der Waals surface area contributed by atoms with E-state index in [-0.39, 0.29) is 24.0 Å². The third kappa shape index (κ3) is 7.11. The number of hydrogen-bond donors (Lipinski definition) is 1. The minimum Gasteiger partial charge on any atom is -0.497 e. The van der Waals surface area contributed by atoms with Crippen LogP contribution in [0.25, 0.3) is 10.6 Å². The molecule has 0 aliphatic carbocycles. The van der Waals surface area contributed by atoms with Gasteiger partial charge >= 0.3 is 0 Å². The molecule has 2 heterocycles. The molecule has 1 saturated heterocycles. The molecular formula is C21H31IN4O2S. The zero-order valence-electron chi connectivity index (χ0n) is 17.4. The van der Waals surface area contributed by atoms with Crippen LogP contribution in [0, 0.1) is 5.92 Å². The topological polar surface area (TPSA) is 59.0 Å². The van der Waals surface area contributed by atoms with Gasteiger partial charge in [0.2, 0.25) is 0 Å². The molecule has 0 spiro atoms. The smallest absolute Gasteiger partial charge is 0.193 e. The Morgan fingerprint density at radius 1 is 1.31 bits per heavy atom. The first kappa shape index (κ1) is 23.9. The Balaban J connectivity index is 0.00000300. The van der Waals surface area contributed by atoms with Crippen molar-refractivity contribution in [2.24, 2.45) is 10.9 Å². The van der Waals surface area contributed by atoms with Gasteiger partial charge in [-0.25, -0.2) is 4.98 Å². The van der Waals surface area contributed by atoms with E-state index in [4.69, 9.17) is 14.5 Å². The SMILES string of the molecule is CN=C(NCc1csc(-c2ccc(OC)cc2)n1)N(C)CCC1CCOCC1.I. The molecule has 1 aliphatic heterocycles. The summed E-state index contributed by atoms with van der Waals surface area (Å²) in [7, 11) is 5.60. The van der Waals surface area contributed by atoms with Crippen LogP contribution in [0.5, 0.6) is 5.75 Å². The summed E-state index contributed by atoms with van der Waals surface area (Å²) in [6.45, 7) is 3.48. The summed E-state index contributed by atoms with van der Waals surface area (Å²) in [5.41, 5.74) is 2.13. The maximum atomic E-state index is 5.45. The van der Waals surface area contributed by atoms with Crippen LogP contribution in [0.4, 0.5) is 0 Å². The molecule has 0 radical (unpaired) electrons. The average Bonchev–Trinajstić information content (AvgIpc) is 3.22. The van der Waals surface area contributed by atoms with Gasteiger partial charge in [0.15, 0.2) is 5.96 Å². The highest BCUT2D eigenvalue weighted by Gasteiger charge is 2.15. The van der Waals surface area contributed by atoms with Gasteiger partial charge in [-0.2, -0.15) is 0 Å². The molecule has 1 aromatic heterocycles. The van der Waals surface area contributed by atoms with E-state index in [2.05, 4.69) is 27.6 Å². The number of nitrogens with one attached hydrogen (secondary N) is 1. The molecule has 6 nitrogen and oxygen atoms in total. The molecule has 0 saturated carbocycles. The van der Waals surface area contributed by atoms with Gasteiger partial charge in [-0.05, 0) is 49.4 Å². The molecule has 160 valence electrons. The monoisotopic (exact) mass is 530 g/mol. The minimum atomic E-state index is 0. The maximum Gasteiger partial charge on any atom is 0.193 e. The molecule has 0 atom stereocenters. The van der Waals surface area contributed by atoms with Gasteiger partial charge in [-0.15, -0.1) is 35.3 Å². The van der Waals surface area contributed by atoms with E-state index in [1.165, 1.54) is 19.3 Å². The number of nitrogens with zero attached hydrogens (tertiary/aromatic N) is 3. The number of rotatable bonds is 7. The fourth-order valence-electron chi connectivity index (χ4n) is 3.33. The van der Waals surface area contributed by atoms with E-state index >= 15 is 0 Å². The van der Waals surface area contributed by atoms with Crippen molar-refractivity contribution in [3.63, 3.8) is 0 Å². The molecular weight excluding hydrogens is 499 g/mol. The average molecular weight is 530 g/mol. The standard InChI is InChI=1S/C21H30N4O2S.HI/c1-22-21(25(2)11-8-16-9-12-27-13-10-16)23-14-18-15-28-20(24-18)17-4-6-19(26-3)7-5-17;/h4-7,15-16H,8-14H2,1-3H3,(H,22,23);1H. The molecule has 1 fully saturated rings. The van der Waals surface area contributed by atoms with Gasteiger partial charge in [0.1, 0.15) is 10.8 Å². The first-order chi connectivity index (χ1) is 13.7. The highest BCUT2D eigenvalue weighted by Crippen LogP contribution is 2.25. The Bertz CT molecular complexity index is 760. The first-order valence-corrected chi connectivity index (χ1v) is 10.7. The highest BCUT2D eigenvalue weighted by atomic mass is 127. The van der Waals surface area contributed by atoms with Gasteiger partial charge in [-0.1, -0.05) is 0 Å². The van der Waals surface area contributed by atoms with Gasteiger partial charge in [0.25, 0.3) is 0 Å². The number of methoxy groups -OCH3 is 1. The van der Waals surface area contributed by atoms with Crippen LogP contribution in [0.3, 0.4) is 0 Å². The zero-order valence-corrected chi connectivity index (χ0v) is 20.5. The summed E-state index contributed by atoms with van der Waals surface area (Å²) in [4.78, 5) is 11.4. The Morgan fingerprint density at radius 3 is 2.69 bits per heavy atom. The molecule has 2 aromatic rings. The van der Waals surface area contributed by atoms with Crippen LogP contribution in [0.2, 0.25) is 0 Å². The van der Waals surface area contributed by atoms with Crippen molar-refractivity contribution in [1.82, 2.24) is 15.2 Å². The van der Waals surface area contributed by atoms with E-state index in [9.17, 15) is 0 Å². The molecule has 0 amide bonds. The lowest BCUT2D eigenvalue weighted by Gasteiger charge is -2.26.